The van der Waals surface area contributed by atoms with Gasteiger partial charge in [0, 0.05) is 42.8 Å². The van der Waals surface area contributed by atoms with E-state index in [1.165, 1.54) is 6.07 Å². The molecule has 0 unspecified atom stereocenters. The molecule has 1 aliphatic rings. The van der Waals surface area contributed by atoms with Crippen LogP contribution in [0.2, 0.25) is 0 Å². The summed E-state index contributed by atoms with van der Waals surface area (Å²) in [6, 6.07) is 4.55. The highest BCUT2D eigenvalue weighted by Crippen LogP contribution is 2.24. The van der Waals surface area contributed by atoms with Crippen LogP contribution >= 0.6 is 0 Å². The molecule has 132 valence electrons. The number of nitrogens with one attached hydrogen (secondary N) is 1. The highest BCUT2D eigenvalue weighted by molar-refractivity contribution is 5.90. The Hall–Kier alpha value is -2.90. The van der Waals surface area contributed by atoms with Crippen molar-refractivity contribution in [1.82, 2.24) is 14.5 Å². The van der Waals surface area contributed by atoms with Crippen LogP contribution in [0.4, 0.5) is 16.2 Å². The molecule has 1 saturated heterocycles. The minimum Gasteiger partial charge on any atom is -0.333 e. The second-order valence-corrected chi connectivity index (χ2v) is 6.30. The first-order chi connectivity index (χ1) is 12.0. The van der Waals surface area contributed by atoms with Crippen molar-refractivity contribution in [2.45, 2.75) is 39.3 Å². The Morgan fingerprint density at radius 1 is 1.44 bits per heavy atom. The normalized spacial score (nSPS) is 16.9. The molecule has 25 heavy (non-hydrogen) atoms. The SMILES string of the molecule is Cc1cc(NC(=O)N2CCC[C@H]2Cn2ccnc2C)ccc1[N+](=O)[O-]. The van der Waals surface area contributed by atoms with Gasteiger partial charge in [0.05, 0.1) is 11.0 Å². The Balaban J connectivity index is 1.68. The molecule has 3 rings (SSSR count). The number of carbonyl (C=O) groups is 1. The lowest BCUT2D eigenvalue weighted by Crippen LogP contribution is -2.40. The summed E-state index contributed by atoms with van der Waals surface area (Å²) >= 11 is 0. The van der Waals surface area contributed by atoms with Gasteiger partial charge in [0.2, 0.25) is 0 Å². The zero-order valence-corrected chi connectivity index (χ0v) is 14.3. The number of benzene rings is 1. The van der Waals surface area contributed by atoms with Gasteiger partial charge in [0.1, 0.15) is 5.82 Å². The van der Waals surface area contributed by atoms with Crippen molar-refractivity contribution < 1.29 is 9.72 Å². The van der Waals surface area contributed by atoms with Crippen molar-refractivity contribution in [3.05, 3.63) is 52.1 Å². The first-order valence-corrected chi connectivity index (χ1v) is 8.26. The molecule has 0 radical (unpaired) electrons. The fourth-order valence-electron chi connectivity index (χ4n) is 3.25. The Labute approximate surface area is 145 Å². The molecule has 1 N–H and O–H groups in total. The number of aryl methyl sites for hydroxylation is 2. The standard InChI is InChI=1S/C17H21N5O3/c1-12-10-14(5-6-16(12)22(24)25)19-17(23)21-8-3-4-15(21)11-20-9-7-18-13(20)2/h5-7,9-10,15H,3-4,8,11H2,1-2H3,(H,19,23)/t15-/m0/s1. The number of hydrogen-bond acceptors (Lipinski definition) is 4. The van der Waals surface area contributed by atoms with Crippen LogP contribution in [0.25, 0.3) is 0 Å². The fraction of sp³-hybridized carbons (Fsp3) is 0.412. The van der Waals surface area contributed by atoms with Crippen molar-refractivity contribution >= 4 is 17.4 Å². The van der Waals surface area contributed by atoms with Gasteiger partial charge in [0.25, 0.3) is 5.69 Å². The first kappa shape index (κ1) is 16.9. The van der Waals surface area contributed by atoms with Gasteiger partial charge in [-0.25, -0.2) is 9.78 Å². The number of amides is 2. The van der Waals surface area contributed by atoms with E-state index in [0.29, 0.717) is 17.8 Å². The number of nitro benzene ring substituents is 1. The van der Waals surface area contributed by atoms with Crippen molar-refractivity contribution in [1.29, 1.82) is 0 Å². The maximum atomic E-state index is 12.6. The van der Waals surface area contributed by atoms with Gasteiger partial charge >= 0.3 is 6.03 Å². The van der Waals surface area contributed by atoms with Crippen molar-refractivity contribution in [2.75, 3.05) is 11.9 Å². The summed E-state index contributed by atoms with van der Waals surface area (Å²) in [5.74, 6) is 0.929. The highest BCUT2D eigenvalue weighted by atomic mass is 16.6. The van der Waals surface area contributed by atoms with E-state index < -0.39 is 4.92 Å². The fourth-order valence-corrected chi connectivity index (χ4v) is 3.25. The molecule has 0 saturated carbocycles. The molecule has 1 aromatic heterocycles. The molecule has 0 aliphatic carbocycles. The summed E-state index contributed by atoms with van der Waals surface area (Å²) in [5, 5.41) is 13.7. The largest absolute Gasteiger partial charge is 0.333 e. The van der Waals surface area contributed by atoms with Crippen molar-refractivity contribution in [2.24, 2.45) is 0 Å². The van der Waals surface area contributed by atoms with Crippen molar-refractivity contribution in [3.63, 3.8) is 0 Å². The molecule has 2 heterocycles. The number of nitro groups is 1. The van der Waals surface area contributed by atoms with E-state index in [-0.39, 0.29) is 17.8 Å². The number of anilines is 1. The van der Waals surface area contributed by atoms with E-state index in [4.69, 9.17) is 0 Å². The number of hydrogen-bond donors (Lipinski definition) is 1. The summed E-state index contributed by atoms with van der Waals surface area (Å²) < 4.78 is 2.05. The molecule has 1 atom stereocenters. The van der Waals surface area contributed by atoms with Crippen LogP contribution in [0.1, 0.15) is 24.2 Å². The quantitative estimate of drug-likeness (QED) is 0.682. The monoisotopic (exact) mass is 343 g/mol. The molecule has 1 aromatic carbocycles. The zero-order valence-electron chi connectivity index (χ0n) is 14.3. The average molecular weight is 343 g/mol. The molecular formula is C17H21N5O3. The molecular weight excluding hydrogens is 322 g/mol. The summed E-state index contributed by atoms with van der Waals surface area (Å²) in [5.41, 5.74) is 1.14. The van der Waals surface area contributed by atoms with Gasteiger partial charge < -0.3 is 14.8 Å². The third-order valence-corrected chi connectivity index (χ3v) is 4.61. The predicted octanol–water partition coefficient (Wildman–Crippen LogP) is 3.10. The van der Waals surface area contributed by atoms with Crippen LogP contribution < -0.4 is 5.32 Å². The zero-order chi connectivity index (χ0) is 18.0. The number of imidazole rings is 1. The highest BCUT2D eigenvalue weighted by Gasteiger charge is 2.29. The number of nitrogens with zero attached hydrogens (tertiary/aromatic N) is 4. The van der Waals surface area contributed by atoms with Crippen molar-refractivity contribution in [3.8, 4) is 0 Å². The smallest absolute Gasteiger partial charge is 0.322 e. The van der Waals surface area contributed by atoms with Crippen LogP contribution in [0.3, 0.4) is 0 Å². The van der Waals surface area contributed by atoms with Crippen LogP contribution in [0.5, 0.6) is 0 Å². The Morgan fingerprint density at radius 2 is 2.24 bits per heavy atom. The number of aromatic nitrogens is 2. The van der Waals surface area contributed by atoms with Gasteiger partial charge in [-0.2, -0.15) is 0 Å². The van der Waals surface area contributed by atoms with Crippen LogP contribution in [0.15, 0.2) is 30.6 Å². The van der Waals surface area contributed by atoms with Crippen LogP contribution in [-0.2, 0) is 6.54 Å². The Bertz CT molecular complexity index is 801. The number of urea groups is 1. The maximum Gasteiger partial charge on any atom is 0.322 e. The third kappa shape index (κ3) is 3.62. The first-order valence-electron chi connectivity index (χ1n) is 8.26. The minimum atomic E-state index is -0.426. The Kier molecular flexibility index (Phi) is 4.69. The Morgan fingerprint density at radius 3 is 2.88 bits per heavy atom. The lowest BCUT2D eigenvalue weighted by atomic mass is 10.2. The second kappa shape index (κ2) is 6.92. The third-order valence-electron chi connectivity index (χ3n) is 4.61. The topological polar surface area (TPSA) is 93.3 Å². The number of likely N-dealkylation sites (tertiary alicyclic amines) is 1. The summed E-state index contributed by atoms with van der Waals surface area (Å²) in [4.78, 5) is 29.1. The second-order valence-electron chi connectivity index (χ2n) is 6.30. The summed E-state index contributed by atoms with van der Waals surface area (Å²) in [6.45, 7) is 5.03. The van der Waals surface area contributed by atoms with Crippen LogP contribution in [-0.4, -0.2) is 38.0 Å². The number of carbonyl (C=O) groups excluding carboxylic acids is 1. The van der Waals surface area contributed by atoms with E-state index in [9.17, 15) is 14.9 Å². The molecule has 8 nitrogen and oxygen atoms in total. The van der Waals surface area contributed by atoms with E-state index >= 15 is 0 Å². The number of rotatable bonds is 4. The van der Waals surface area contributed by atoms with Gasteiger partial charge in [-0.3, -0.25) is 10.1 Å². The van der Waals surface area contributed by atoms with E-state index in [1.54, 1.807) is 25.3 Å². The molecule has 1 aliphatic heterocycles. The predicted molar refractivity (Wildman–Crippen MR) is 93.5 cm³/mol. The summed E-state index contributed by atoms with van der Waals surface area (Å²) in [7, 11) is 0. The van der Waals surface area contributed by atoms with Gasteiger partial charge in [-0.05, 0) is 38.8 Å². The molecule has 2 aromatic rings. The minimum absolute atomic E-state index is 0.0487. The van der Waals surface area contributed by atoms with E-state index in [0.717, 1.165) is 25.2 Å². The van der Waals surface area contributed by atoms with E-state index in [2.05, 4.69) is 10.3 Å². The lowest BCUT2D eigenvalue weighted by molar-refractivity contribution is -0.385. The molecule has 8 heteroatoms. The van der Waals surface area contributed by atoms with Gasteiger partial charge in [-0.15, -0.1) is 0 Å². The lowest BCUT2D eigenvalue weighted by Gasteiger charge is -2.25. The molecule has 0 spiro atoms. The molecule has 0 bridgehead atoms. The van der Waals surface area contributed by atoms with Gasteiger partial charge in [-0.1, -0.05) is 0 Å². The summed E-state index contributed by atoms with van der Waals surface area (Å²) in [6.07, 6.45) is 5.59. The maximum absolute atomic E-state index is 12.6. The average Bonchev–Trinajstić information content (AvgIpc) is 3.17. The molecule has 1 fully saturated rings. The van der Waals surface area contributed by atoms with Crippen LogP contribution in [0, 0.1) is 24.0 Å². The molecule has 2 amide bonds. The van der Waals surface area contributed by atoms with Gasteiger partial charge in [0.15, 0.2) is 0 Å². The van der Waals surface area contributed by atoms with E-state index in [1.807, 2.05) is 22.6 Å².